The molecule has 2 aromatic rings. The minimum absolute atomic E-state index is 0.0377. The molecule has 1 aliphatic heterocycles. The quantitative estimate of drug-likeness (QED) is 0.431. The molecule has 2 aromatic carbocycles. The minimum Gasteiger partial charge on any atom is -0.495 e. The third kappa shape index (κ3) is 5.57. The zero-order valence-electron chi connectivity index (χ0n) is 17.0. The van der Waals surface area contributed by atoms with Crippen LogP contribution in [0.2, 0.25) is 0 Å². The fraction of sp³-hybridized carbons (Fsp3) is 0.318. The van der Waals surface area contributed by atoms with Gasteiger partial charge in [0.2, 0.25) is 5.96 Å². The second kappa shape index (κ2) is 10.4. The summed E-state index contributed by atoms with van der Waals surface area (Å²) < 4.78 is 15.7. The van der Waals surface area contributed by atoms with Crippen molar-refractivity contribution in [3.63, 3.8) is 0 Å². The summed E-state index contributed by atoms with van der Waals surface area (Å²) in [6.07, 6.45) is 1.98. The number of esters is 1. The summed E-state index contributed by atoms with van der Waals surface area (Å²) in [5.41, 5.74) is 1.43. The lowest BCUT2D eigenvalue weighted by Gasteiger charge is -2.15. The summed E-state index contributed by atoms with van der Waals surface area (Å²) in [5, 5.41) is 5.92. The van der Waals surface area contributed by atoms with E-state index in [4.69, 9.17) is 9.47 Å². The van der Waals surface area contributed by atoms with Gasteiger partial charge in [0.25, 0.3) is 5.91 Å². The molecule has 30 heavy (non-hydrogen) atoms. The number of aliphatic imine (C=N–C) groups is 1. The first-order valence-electron chi connectivity index (χ1n) is 9.66. The lowest BCUT2D eigenvalue weighted by atomic mass is 10.1. The van der Waals surface area contributed by atoms with E-state index in [9.17, 15) is 9.59 Å². The number of rotatable bonds is 6. The van der Waals surface area contributed by atoms with E-state index in [1.807, 2.05) is 24.3 Å². The fourth-order valence-corrected chi connectivity index (χ4v) is 3.02. The summed E-state index contributed by atoms with van der Waals surface area (Å²) in [7, 11) is 2.88. The van der Waals surface area contributed by atoms with Gasteiger partial charge >= 0.3 is 5.97 Å². The van der Waals surface area contributed by atoms with Gasteiger partial charge < -0.3 is 19.5 Å². The highest BCUT2D eigenvalue weighted by molar-refractivity contribution is 6.10. The third-order valence-electron chi connectivity index (χ3n) is 4.64. The zero-order valence-corrected chi connectivity index (χ0v) is 17.0. The van der Waals surface area contributed by atoms with Gasteiger partial charge in [-0.15, -0.1) is 0 Å². The monoisotopic (exact) mass is 411 g/mol. The molecule has 1 heterocycles. The number of hydrogen-bond donors (Lipinski definition) is 2. The Morgan fingerprint density at radius 1 is 1.10 bits per heavy atom. The van der Waals surface area contributed by atoms with E-state index in [0.29, 0.717) is 29.1 Å². The van der Waals surface area contributed by atoms with Crippen LogP contribution in [0.3, 0.4) is 0 Å². The highest BCUT2D eigenvalue weighted by atomic mass is 16.5. The number of nitrogens with zero attached hydrogens (tertiary/aromatic N) is 1. The number of benzene rings is 2. The van der Waals surface area contributed by atoms with Gasteiger partial charge in [-0.3, -0.25) is 10.1 Å². The van der Waals surface area contributed by atoms with Crippen LogP contribution < -0.4 is 15.4 Å². The van der Waals surface area contributed by atoms with Crippen LogP contribution in [-0.2, 0) is 9.47 Å². The van der Waals surface area contributed by atoms with Gasteiger partial charge in [-0.05, 0) is 49.2 Å². The number of hydrogen-bond acceptors (Lipinski definition) is 6. The van der Waals surface area contributed by atoms with Crippen molar-refractivity contribution < 1.29 is 23.8 Å². The van der Waals surface area contributed by atoms with Gasteiger partial charge in [0.1, 0.15) is 5.75 Å². The van der Waals surface area contributed by atoms with Crippen molar-refractivity contribution in [3.8, 4) is 5.75 Å². The van der Waals surface area contributed by atoms with E-state index >= 15 is 0 Å². The summed E-state index contributed by atoms with van der Waals surface area (Å²) in [6.45, 7) is 1.16. The molecule has 1 atom stereocenters. The third-order valence-corrected chi connectivity index (χ3v) is 4.64. The average molecular weight is 411 g/mol. The maximum atomic E-state index is 12.7. The predicted octanol–water partition coefficient (Wildman–Crippen LogP) is 2.86. The molecule has 1 amide bonds. The second-order valence-electron chi connectivity index (χ2n) is 6.67. The number of methoxy groups -OCH3 is 2. The van der Waals surface area contributed by atoms with Crippen molar-refractivity contribution in [3.05, 3.63) is 59.7 Å². The van der Waals surface area contributed by atoms with Gasteiger partial charge in [0.05, 0.1) is 38.1 Å². The topological polar surface area (TPSA) is 98.3 Å². The molecular weight excluding hydrogens is 386 g/mol. The van der Waals surface area contributed by atoms with Crippen molar-refractivity contribution >= 4 is 23.5 Å². The van der Waals surface area contributed by atoms with Crippen molar-refractivity contribution in [2.75, 3.05) is 32.7 Å². The van der Waals surface area contributed by atoms with Crippen LogP contribution in [0.25, 0.3) is 0 Å². The first-order valence-corrected chi connectivity index (χ1v) is 9.66. The van der Waals surface area contributed by atoms with Gasteiger partial charge in [-0.1, -0.05) is 12.1 Å². The van der Waals surface area contributed by atoms with E-state index in [-0.39, 0.29) is 18.0 Å². The van der Waals surface area contributed by atoms with Crippen LogP contribution in [0, 0.1) is 0 Å². The zero-order chi connectivity index (χ0) is 21.3. The molecule has 0 aromatic heterocycles. The first kappa shape index (κ1) is 21.3. The molecule has 2 N–H and O–H groups in total. The van der Waals surface area contributed by atoms with Gasteiger partial charge in [0, 0.05) is 12.2 Å². The Balaban J connectivity index is 1.76. The molecule has 1 saturated heterocycles. The Morgan fingerprint density at radius 3 is 2.50 bits per heavy atom. The van der Waals surface area contributed by atoms with Crippen molar-refractivity contribution in [1.82, 2.24) is 5.32 Å². The van der Waals surface area contributed by atoms with Crippen LogP contribution in [0.5, 0.6) is 5.75 Å². The molecule has 0 aliphatic carbocycles. The Kier molecular flexibility index (Phi) is 7.40. The lowest BCUT2D eigenvalue weighted by molar-refractivity contribution is 0.0600. The number of carbonyl (C=O) groups excluding carboxylic acids is 2. The number of carbonyl (C=O) groups is 2. The molecule has 1 fully saturated rings. The standard InChI is InChI=1S/C22H25N3O5/c1-28-19-8-4-3-7-18(19)24-22(23-14-17-6-5-13-30-17)25-20(26)15-9-11-16(12-10-15)21(27)29-2/h3-4,7-12,17H,5-6,13-14H2,1-2H3,(H2,23,24,25,26)/t17-/m1/s1. The summed E-state index contributed by atoms with van der Waals surface area (Å²) in [5.74, 6) is 0.0922. The fourth-order valence-electron chi connectivity index (χ4n) is 3.02. The number of guanidine groups is 1. The highest BCUT2D eigenvalue weighted by Gasteiger charge is 2.17. The highest BCUT2D eigenvalue weighted by Crippen LogP contribution is 2.23. The molecule has 0 spiro atoms. The van der Waals surface area contributed by atoms with Gasteiger partial charge in [-0.25, -0.2) is 9.79 Å². The lowest BCUT2D eigenvalue weighted by Crippen LogP contribution is -2.36. The largest absolute Gasteiger partial charge is 0.495 e. The second-order valence-corrected chi connectivity index (χ2v) is 6.67. The van der Waals surface area contributed by atoms with Crippen LogP contribution in [0.1, 0.15) is 33.6 Å². The number of nitrogens with one attached hydrogen (secondary N) is 2. The normalized spacial score (nSPS) is 16.1. The number of amides is 1. The Labute approximate surface area is 175 Å². The van der Waals surface area contributed by atoms with Crippen molar-refractivity contribution in [1.29, 1.82) is 0 Å². The molecule has 0 bridgehead atoms. The molecule has 8 heteroatoms. The summed E-state index contributed by atoms with van der Waals surface area (Å²) in [6, 6.07) is 13.6. The molecule has 1 aliphatic rings. The molecule has 3 rings (SSSR count). The van der Waals surface area contributed by atoms with E-state index in [1.165, 1.54) is 19.2 Å². The molecule has 0 saturated carbocycles. The SMILES string of the molecule is COC(=O)c1ccc(C(=O)NC(=NC[C@H]2CCCO2)Nc2ccccc2OC)cc1. The van der Waals surface area contributed by atoms with Crippen LogP contribution in [-0.4, -0.2) is 51.3 Å². The van der Waals surface area contributed by atoms with Crippen LogP contribution in [0.4, 0.5) is 5.69 Å². The van der Waals surface area contributed by atoms with E-state index in [0.717, 1.165) is 19.4 Å². The van der Waals surface area contributed by atoms with Gasteiger partial charge in [0.15, 0.2) is 0 Å². The maximum absolute atomic E-state index is 12.7. The smallest absolute Gasteiger partial charge is 0.337 e. The Bertz CT molecular complexity index is 905. The first-order chi connectivity index (χ1) is 14.6. The van der Waals surface area contributed by atoms with E-state index in [1.54, 1.807) is 19.2 Å². The average Bonchev–Trinajstić information content (AvgIpc) is 3.31. The number of para-hydroxylation sites is 2. The molecule has 0 radical (unpaired) electrons. The summed E-state index contributed by atoms with van der Waals surface area (Å²) in [4.78, 5) is 28.8. The molecule has 158 valence electrons. The van der Waals surface area contributed by atoms with Crippen LogP contribution >= 0.6 is 0 Å². The molecule has 8 nitrogen and oxygen atoms in total. The summed E-state index contributed by atoms with van der Waals surface area (Å²) >= 11 is 0. The van der Waals surface area contributed by atoms with Crippen LogP contribution in [0.15, 0.2) is 53.5 Å². The number of anilines is 1. The predicted molar refractivity (Wildman–Crippen MR) is 113 cm³/mol. The molecule has 0 unspecified atom stereocenters. The maximum Gasteiger partial charge on any atom is 0.337 e. The van der Waals surface area contributed by atoms with E-state index in [2.05, 4.69) is 20.4 Å². The Morgan fingerprint density at radius 2 is 1.83 bits per heavy atom. The molecular formula is C22H25N3O5. The van der Waals surface area contributed by atoms with Gasteiger partial charge in [-0.2, -0.15) is 0 Å². The van der Waals surface area contributed by atoms with Crippen molar-refractivity contribution in [2.24, 2.45) is 4.99 Å². The number of ether oxygens (including phenoxy) is 3. The minimum atomic E-state index is -0.460. The Hall–Kier alpha value is -3.39. The van der Waals surface area contributed by atoms with Crippen molar-refractivity contribution in [2.45, 2.75) is 18.9 Å². The van der Waals surface area contributed by atoms with E-state index < -0.39 is 5.97 Å².